The number of para-hydroxylation sites is 2. The van der Waals surface area contributed by atoms with E-state index < -0.39 is 18.0 Å². The number of carbonyl (C=O) groups excluding carboxylic acids is 2. The molecule has 0 saturated heterocycles. The zero-order valence-electron chi connectivity index (χ0n) is 14.8. The monoisotopic (exact) mass is 382 g/mol. The van der Waals surface area contributed by atoms with Crippen LogP contribution in [-0.2, 0) is 9.53 Å². The average molecular weight is 382 g/mol. The molecular weight excluding hydrogens is 367 g/mol. The number of aromatic nitrogens is 1. The summed E-state index contributed by atoms with van der Waals surface area (Å²) >= 11 is 0. The Morgan fingerprint density at radius 3 is 2.68 bits per heavy atom. The lowest BCUT2D eigenvalue weighted by atomic mass is 10.1. The van der Waals surface area contributed by atoms with E-state index in [1.807, 2.05) is 0 Å². The standard InChI is InChI=1S/C20H15FN2O5/c1-26-20(25)18-11-23(15-4-2-3-5-16(15)27-18)19(24)14-10-17(28-22-14)12-6-8-13(21)9-7-12/h2-10,18H,11H2,1H3/t18-/m0/s1. The van der Waals surface area contributed by atoms with Crippen LogP contribution in [0.3, 0.4) is 0 Å². The minimum Gasteiger partial charge on any atom is -0.475 e. The Hall–Kier alpha value is -3.68. The van der Waals surface area contributed by atoms with Crippen LogP contribution in [0.2, 0.25) is 0 Å². The average Bonchev–Trinajstić information content (AvgIpc) is 3.22. The molecule has 0 fully saturated rings. The number of ether oxygens (including phenoxy) is 2. The topological polar surface area (TPSA) is 81.9 Å². The smallest absolute Gasteiger partial charge is 0.348 e. The second kappa shape index (κ2) is 7.15. The van der Waals surface area contributed by atoms with Gasteiger partial charge in [0.15, 0.2) is 11.5 Å². The number of fused-ring (bicyclic) bond motifs is 1. The van der Waals surface area contributed by atoms with Gasteiger partial charge in [-0.2, -0.15) is 0 Å². The lowest BCUT2D eigenvalue weighted by Gasteiger charge is -2.33. The number of benzene rings is 2. The molecule has 1 atom stereocenters. The van der Waals surface area contributed by atoms with Crippen molar-refractivity contribution >= 4 is 17.6 Å². The number of carbonyl (C=O) groups is 2. The van der Waals surface area contributed by atoms with Crippen LogP contribution in [0.15, 0.2) is 59.1 Å². The molecule has 1 aliphatic rings. The van der Waals surface area contributed by atoms with Crippen molar-refractivity contribution in [2.75, 3.05) is 18.6 Å². The fraction of sp³-hybridized carbons (Fsp3) is 0.150. The number of nitrogens with zero attached hydrogens (tertiary/aromatic N) is 2. The van der Waals surface area contributed by atoms with E-state index in [1.54, 1.807) is 24.3 Å². The van der Waals surface area contributed by atoms with Crippen LogP contribution in [0.1, 0.15) is 10.5 Å². The quantitative estimate of drug-likeness (QED) is 0.648. The van der Waals surface area contributed by atoms with Crippen molar-refractivity contribution < 1.29 is 28.0 Å². The van der Waals surface area contributed by atoms with Crippen molar-refractivity contribution in [3.05, 3.63) is 66.1 Å². The fourth-order valence-electron chi connectivity index (χ4n) is 2.95. The number of hydrogen-bond acceptors (Lipinski definition) is 6. The van der Waals surface area contributed by atoms with Gasteiger partial charge >= 0.3 is 5.97 Å². The molecule has 4 rings (SSSR count). The summed E-state index contributed by atoms with van der Waals surface area (Å²) in [5.74, 6) is -0.700. The molecular formula is C20H15FN2O5. The Kier molecular flexibility index (Phi) is 4.52. The third-order valence-electron chi connectivity index (χ3n) is 4.34. The molecule has 1 aromatic heterocycles. The Labute approximate surface area is 159 Å². The van der Waals surface area contributed by atoms with E-state index >= 15 is 0 Å². The normalized spacial score (nSPS) is 15.5. The molecule has 1 aliphatic heterocycles. The van der Waals surface area contributed by atoms with Crippen molar-refractivity contribution in [3.63, 3.8) is 0 Å². The molecule has 7 nitrogen and oxygen atoms in total. The third-order valence-corrected chi connectivity index (χ3v) is 4.34. The summed E-state index contributed by atoms with van der Waals surface area (Å²) in [6.45, 7) is -0.0265. The summed E-state index contributed by atoms with van der Waals surface area (Å²) in [5, 5.41) is 3.84. The molecule has 0 radical (unpaired) electrons. The van der Waals surface area contributed by atoms with E-state index in [1.165, 1.54) is 42.3 Å². The van der Waals surface area contributed by atoms with Crippen molar-refractivity contribution in [3.8, 4) is 17.1 Å². The molecule has 8 heteroatoms. The van der Waals surface area contributed by atoms with Crippen LogP contribution >= 0.6 is 0 Å². The highest BCUT2D eigenvalue weighted by Gasteiger charge is 2.35. The number of esters is 1. The highest BCUT2D eigenvalue weighted by molar-refractivity contribution is 6.07. The second-order valence-electron chi connectivity index (χ2n) is 6.10. The molecule has 28 heavy (non-hydrogen) atoms. The number of anilines is 1. The van der Waals surface area contributed by atoms with Gasteiger partial charge < -0.3 is 14.0 Å². The molecule has 2 heterocycles. The summed E-state index contributed by atoms with van der Waals surface area (Å²) in [5.41, 5.74) is 1.15. The van der Waals surface area contributed by atoms with Crippen molar-refractivity contribution in [1.29, 1.82) is 0 Å². The number of halogens is 1. The maximum absolute atomic E-state index is 13.1. The summed E-state index contributed by atoms with van der Waals surface area (Å²) in [7, 11) is 1.25. The third kappa shape index (κ3) is 3.20. The SMILES string of the molecule is COC(=O)[C@@H]1CN(C(=O)c2cc(-c3ccc(F)cc3)on2)c2ccccc2O1. The van der Waals surface area contributed by atoms with E-state index in [0.717, 1.165) is 0 Å². The molecule has 0 bridgehead atoms. The predicted molar refractivity (Wildman–Crippen MR) is 96.4 cm³/mol. The van der Waals surface area contributed by atoms with Crippen molar-refractivity contribution in [1.82, 2.24) is 5.16 Å². The first-order valence-corrected chi connectivity index (χ1v) is 8.45. The molecule has 142 valence electrons. The minimum absolute atomic E-state index is 0.0265. The lowest BCUT2D eigenvalue weighted by Crippen LogP contribution is -2.47. The lowest BCUT2D eigenvalue weighted by molar-refractivity contribution is -0.148. The summed E-state index contributed by atoms with van der Waals surface area (Å²) in [6, 6.07) is 14.0. The predicted octanol–water partition coefficient (Wildman–Crippen LogP) is 3.06. The van der Waals surface area contributed by atoms with E-state index in [-0.39, 0.29) is 18.1 Å². The zero-order valence-corrected chi connectivity index (χ0v) is 14.8. The van der Waals surface area contributed by atoms with Gasteiger partial charge in [0.2, 0.25) is 6.10 Å². The van der Waals surface area contributed by atoms with Gasteiger partial charge in [-0.1, -0.05) is 17.3 Å². The van der Waals surface area contributed by atoms with Crippen molar-refractivity contribution in [2.24, 2.45) is 0 Å². The molecule has 3 aromatic rings. The maximum atomic E-state index is 13.1. The van der Waals surface area contributed by atoms with Crippen molar-refractivity contribution in [2.45, 2.75) is 6.10 Å². The van der Waals surface area contributed by atoms with E-state index in [4.69, 9.17) is 14.0 Å². The number of amides is 1. The minimum atomic E-state index is -0.952. The molecule has 1 amide bonds. The molecule has 0 spiro atoms. The maximum Gasteiger partial charge on any atom is 0.348 e. The summed E-state index contributed by atoms with van der Waals surface area (Å²) in [6.07, 6.45) is -0.952. The molecule has 0 saturated carbocycles. The van der Waals surface area contributed by atoms with E-state index in [0.29, 0.717) is 22.8 Å². The fourth-order valence-corrected chi connectivity index (χ4v) is 2.95. The van der Waals surface area contributed by atoms with Crippen LogP contribution < -0.4 is 9.64 Å². The second-order valence-corrected chi connectivity index (χ2v) is 6.10. The van der Waals surface area contributed by atoms with Gasteiger partial charge in [0.25, 0.3) is 5.91 Å². The summed E-state index contributed by atoms with van der Waals surface area (Å²) < 4.78 is 28.7. The molecule has 0 unspecified atom stereocenters. The Morgan fingerprint density at radius 2 is 1.93 bits per heavy atom. The first kappa shape index (κ1) is 17.7. The Balaban J connectivity index is 1.65. The number of hydrogen-bond donors (Lipinski definition) is 0. The number of rotatable bonds is 3. The summed E-state index contributed by atoms with van der Waals surface area (Å²) in [4.78, 5) is 26.4. The van der Waals surface area contributed by atoms with Gasteiger partial charge in [0.05, 0.1) is 19.3 Å². The van der Waals surface area contributed by atoms with Gasteiger partial charge in [-0.05, 0) is 36.4 Å². The Morgan fingerprint density at radius 1 is 1.18 bits per heavy atom. The van der Waals surface area contributed by atoms with Gasteiger partial charge in [0.1, 0.15) is 11.6 Å². The Bertz CT molecular complexity index is 1030. The zero-order chi connectivity index (χ0) is 19.7. The van der Waals surface area contributed by atoms with Crippen LogP contribution in [0.25, 0.3) is 11.3 Å². The largest absolute Gasteiger partial charge is 0.475 e. The van der Waals surface area contributed by atoms with Gasteiger partial charge in [-0.15, -0.1) is 0 Å². The van der Waals surface area contributed by atoms with Crippen LogP contribution in [0.5, 0.6) is 5.75 Å². The van der Waals surface area contributed by atoms with Crippen LogP contribution in [0, 0.1) is 5.82 Å². The van der Waals surface area contributed by atoms with Gasteiger partial charge in [-0.25, -0.2) is 9.18 Å². The van der Waals surface area contributed by atoms with E-state index in [2.05, 4.69) is 5.16 Å². The van der Waals surface area contributed by atoms with Crippen LogP contribution in [0.4, 0.5) is 10.1 Å². The van der Waals surface area contributed by atoms with E-state index in [9.17, 15) is 14.0 Å². The highest BCUT2D eigenvalue weighted by atomic mass is 19.1. The first-order chi connectivity index (χ1) is 13.6. The number of methoxy groups -OCH3 is 1. The van der Waals surface area contributed by atoms with Gasteiger partial charge in [-0.3, -0.25) is 9.69 Å². The molecule has 0 N–H and O–H groups in total. The van der Waals surface area contributed by atoms with Gasteiger partial charge in [0, 0.05) is 11.6 Å². The highest BCUT2D eigenvalue weighted by Crippen LogP contribution is 2.34. The molecule has 2 aromatic carbocycles. The molecule has 0 aliphatic carbocycles. The first-order valence-electron chi connectivity index (χ1n) is 8.45. The van der Waals surface area contributed by atoms with Crippen LogP contribution in [-0.4, -0.2) is 36.8 Å².